The molecule has 0 aromatic rings. The molecule has 0 heterocycles. The third-order valence-corrected chi connectivity index (χ3v) is 3.86. The number of aliphatic carboxylic acids is 1. The molecular weight excluding hydrogens is 244 g/mol. The number of carboxylic acids is 1. The molecule has 19 heavy (non-hydrogen) atoms. The monoisotopic (exact) mass is 270 g/mol. The van der Waals surface area contributed by atoms with E-state index in [1.807, 2.05) is 6.92 Å². The number of nitrogens with two attached hydrogens (primary N) is 1. The van der Waals surface area contributed by atoms with Crippen molar-refractivity contribution >= 4 is 11.9 Å². The van der Waals surface area contributed by atoms with Gasteiger partial charge in [0.25, 0.3) is 0 Å². The van der Waals surface area contributed by atoms with Crippen molar-refractivity contribution in [3.05, 3.63) is 0 Å². The Hall–Kier alpha value is -1.10. The number of carboxylic acid groups (broad SMARTS) is 1. The van der Waals surface area contributed by atoms with Crippen molar-refractivity contribution in [1.29, 1.82) is 0 Å². The predicted molar refractivity (Wildman–Crippen MR) is 73.7 cm³/mol. The fourth-order valence-corrected chi connectivity index (χ4v) is 2.57. The number of hydrogen-bond donors (Lipinski definition) is 3. The number of amides is 1. The lowest BCUT2D eigenvalue weighted by Crippen LogP contribution is -2.46. The minimum Gasteiger partial charge on any atom is -0.481 e. The topological polar surface area (TPSA) is 92.4 Å². The number of carbonyl (C=O) groups is 2. The van der Waals surface area contributed by atoms with E-state index in [4.69, 9.17) is 10.8 Å². The number of carbonyl (C=O) groups excluding carboxylic acids is 1. The molecule has 0 radical (unpaired) electrons. The van der Waals surface area contributed by atoms with Crippen LogP contribution < -0.4 is 11.1 Å². The molecule has 5 nitrogen and oxygen atoms in total. The lowest BCUT2D eigenvalue weighted by atomic mass is 9.80. The smallest absolute Gasteiger partial charge is 0.303 e. The average Bonchev–Trinajstić information content (AvgIpc) is 2.34. The van der Waals surface area contributed by atoms with Crippen LogP contribution in [0.2, 0.25) is 0 Å². The summed E-state index contributed by atoms with van der Waals surface area (Å²) >= 11 is 0. The molecule has 0 saturated heterocycles. The Morgan fingerprint density at radius 2 is 1.95 bits per heavy atom. The van der Waals surface area contributed by atoms with Crippen LogP contribution in [0, 0.1) is 5.92 Å². The summed E-state index contributed by atoms with van der Waals surface area (Å²) < 4.78 is 0. The summed E-state index contributed by atoms with van der Waals surface area (Å²) in [5.74, 6) is -0.618. The molecule has 0 spiro atoms. The van der Waals surface area contributed by atoms with Gasteiger partial charge < -0.3 is 16.2 Å². The van der Waals surface area contributed by atoms with Crippen molar-refractivity contribution in [1.82, 2.24) is 5.32 Å². The first-order valence-electron chi connectivity index (χ1n) is 7.19. The summed E-state index contributed by atoms with van der Waals surface area (Å²) in [7, 11) is 0. The maximum absolute atomic E-state index is 11.9. The average molecular weight is 270 g/mol. The quantitative estimate of drug-likeness (QED) is 0.656. The summed E-state index contributed by atoms with van der Waals surface area (Å²) in [4.78, 5) is 22.3. The first kappa shape index (κ1) is 16.0. The fraction of sp³-hybridized carbons (Fsp3) is 0.857. The lowest BCUT2D eigenvalue weighted by Gasteiger charge is -2.32. The Bertz CT molecular complexity index is 312. The summed E-state index contributed by atoms with van der Waals surface area (Å²) in [6.45, 7) is 2.48. The molecule has 0 aromatic carbocycles. The molecule has 1 aliphatic carbocycles. The number of rotatable bonds is 7. The molecule has 1 atom stereocenters. The van der Waals surface area contributed by atoms with Gasteiger partial charge in [-0.2, -0.15) is 0 Å². The van der Waals surface area contributed by atoms with Crippen molar-refractivity contribution in [3.63, 3.8) is 0 Å². The Morgan fingerprint density at radius 1 is 1.32 bits per heavy atom. The van der Waals surface area contributed by atoms with E-state index in [0.29, 0.717) is 19.4 Å². The highest BCUT2D eigenvalue weighted by Crippen LogP contribution is 2.28. The van der Waals surface area contributed by atoms with Crippen molar-refractivity contribution in [2.24, 2.45) is 11.7 Å². The number of hydrogen-bond acceptors (Lipinski definition) is 3. The van der Waals surface area contributed by atoms with Gasteiger partial charge in [-0.05, 0) is 25.2 Å². The van der Waals surface area contributed by atoms with Gasteiger partial charge in [0.15, 0.2) is 0 Å². The van der Waals surface area contributed by atoms with Crippen LogP contribution in [0.5, 0.6) is 0 Å². The van der Waals surface area contributed by atoms with Crippen molar-refractivity contribution in [2.45, 2.75) is 63.8 Å². The first-order valence-corrected chi connectivity index (χ1v) is 7.19. The highest BCUT2D eigenvalue weighted by molar-refractivity contribution is 5.77. The first-order chi connectivity index (χ1) is 8.91. The standard InChI is InChI=1S/C14H26N2O3/c1-11(5-6-13(18)19)10-16-12(17)9-14(15)7-3-2-4-8-14/h11H,2-10,15H2,1H3,(H,16,17)(H,18,19). The van der Waals surface area contributed by atoms with Gasteiger partial charge in [-0.3, -0.25) is 9.59 Å². The molecule has 1 saturated carbocycles. The molecule has 0 bridgehead atoms. The van der Waals surface area contributed by atoms with Gasteiger partial charge in [0, 0.05) is 24.9 Å². The van der Waals surface area contributed by atoms with E-state index in [-0.39, 0.29) is 23.8 Å². The van der Waals surface area contributed by atoms with Crippen molar-refractivity contribution < 1.29 is 14.7 Å². The van der Waals surface area contributed by atoms with E-state index < -0.39 is 5.97 Å². The van der Waals surface area contributed by atoms with Gasteiger partial charge in [-0.1, -0.05) is 26.2 Å². The van der Waals surface area contributed by atoms with E-state index in [9.17, 15) is 9.59 Å². The zero-order valence-corrected chi connectivity index (χ0v) is 11.8. The van der Waals surface area contributed by atoms with Crippen LogP contribution in [0.1, 0.15) is 58.3 Å². The lowest BCUT2D eigenvalue weighted by molar-refractivity contribution is -0.137. The summed E-state index contributed by atoms with van der Waals surface area (Å²) in [5.41, 5.74) is 5.90. The molecule has 1 unspecified atom stereocenters. The summed E-state index contributed by atoms with van der Waals surface area (Å²) in [5, 5.41) is 11.5. The van der Waals surface area contributed by atoms with Crippen molar-refractivity contribution in [3.8, 4) is 0 Å². The Kier molecular flexibility index (Phi) is 6.28. The highest BCUT2D eigenvalue weighted by atomic mass is 16.4. The fourth-order valence-electron chi connectivity index (χ4n) is 2.57. The molecule has 1 aliphatic rings. The zero-order valence-electron chi connectivity index (χ0n) is 11.8. The van der Waals surface area contributed by atoms with Crippen LogP contribution in [0.15, 0.2) is 0 Å². The van der Waals surface area contributed by atoms with Crippen molar-refractivity contribution in [2.75, 3.05) is 6.54 Å². The van der Waals surface area contributed by atoms with E-state index in [2.05, 4.69) is 5.32 Å². The third kappa shape index (κ3) is 6.57. The molecule has 110 valence electrons. The Labute approximate surface area is 114 Å². The Morgan fingerprint density at radius 3 is 2.53 bits per heavy atom. The molecule has 1 fully saturated rings. The maximum atomic E-state index is 11.9. The summed E-state index contributed by atoms with van der Waals surface area (Å²) in [6, 6.07) is 0. The highest BCUT2D eigenvalue weighted by Gasteiger charge is 2.29. The van der Waals surface area contributed by atoms with Gasteiger partial charge in [0.2, 0.25) is 5.91 Å². The minimum atomic E-state index is -0.790. The molecule has 1 rings (SSSR count). The number of nitrogens with one attached hydrogen (secondary N) is 1. The van der Waals surface area contributed by atoms with Crippen LogP contribution in [0.4, 0.5) is 0 Å². The SMILES string of the molecule is CC(CCC(=O)O)CNC(=O)CC1(N)CCCCC1. The van der Waals surface area contributed by atoms with Gasteiger partial charge in [-0.15, -0.1) is 0 Å². The second-order valence-electron chi connectivity index (χ2n) is 5.94. The second kappa shape index (κ2) is 7.48. The molecule has 0 aliphatic heterocycles. The van der Waals surface area contributed by atoms with Crippen LogP contribution >= 0.6 is 0 Å². The Balaban J connectivity index is 2.21. The molecule has 4 N–H and O–H groups in total. The van der Waals surface area contributed by atoms with E-state index in [1.54, 1.807) is 0 Å². The second-order valence-corrected chi connectivity index (χ2v) is 5.94. The van der Waals surface area contributed by atoms with Crippen LogP contribution in [-0.4, -0.2) is 29.1 Å². The van der Waals surface area contributed by atoms with Gasteiger partial charge >= 0.3 is 5.97 Å². The third-order valence-electron chi connectivity index (χ3n) is 3.86. The molecule has 5 heteroatoms. The van der Waals surface area contributed by atoms with E-state index in [0.717, 1.165) is 25.7 Å². The van der Waals surface area contributed by atoms with Gasteiger partial charge in [-0.25, -0.2) is 0 Å². The largest absolute Gasteiger partial charge is 0.481 e. The van der Waals surface area contributed by atoms with Gasteiger partial charge in [0.05, 0.1) is 0 Å². The van der Waals surface area contributed by atoms with Crippen LogP contribution in [0.25, 0.3) is 0 Å². The molecule has 1 amide bonds. The molecular formula is C14H26N2O3. The normalized spacial score (nSPS) is 19.7. The maximum Gasteiger partial charge on any atom is 0.303 e. The molecule has 0 aromatic heterocycles. The van der Waals surface area contributed by atoms with Gasteiger partial charge in [0.1, 0.15) is 0 Å². The van der Waals surface area contributed by atoms with E-state index >= 15 is 0 Å². The zero-order chi connectivity index (χ0) is 14.3. The van der Waals surface area contributed by atoms with Crippen LogP contribution in [0.3, 0.4) is 0 Å². The summed E-state index contributed by atoms with van der Waals surface area (Å²) in [6.07, 6.45) is 6.41. The predicted octanol–water partition coefficient (Wildman–Crippen LogP) is 1.66. The van der Waals surface area contributed by atoms with Crippen LogP contribution in [-0.2, 0) is 9.59 Å². The minimum absolute atomic E-state index is 0.00780. The van der Waals surface area contributed by atoms with E-state index in [1.165, 1.54) is 6.42 Å².